The van der Waals surface area contributed by atoms with E-state index in [1.54, 1.807) is 30.3 Å². The molecule has 0 unspecified atom stereocenters. The molecule has 112 valence electrons. The first kappa shape index (κ1) is 15.2. The highest BCUT2D eigenvalue weighted by atomic mass is 16.5. The van der Waals surface area contributed by atoms with E-state index in [2.05, 4.69) is 10.5 Å². The van der Waals surface area contributed by atoms with Gasteiger partial charge in [0.15, 0.2) is 0 Å². The second-order valence-corrected chi connectivity index (χ2v) is 4.19. The minimum absolute atomic E-state index is 0.385. The van der Waals surface area contributed by atoms with E-state index < -0.39 is 5.91 Å². The smallest absolute Gasteiger partial charge is 0.271 e. The molecule has 1 aromatic heterocycles. The minimum atomic E-state index is -0.653. The molecule has 0 fully saturated rings. The van der Waals surface area contributed by atoms with Crippen molar-refractivity contribution >= 4 is 24.1 Å². The third-order valence-corrected chi connectivity index (χ3v) is 2.61. The molecule has 0 saturated carbocycles. The average molecular weight is 299 g/mol. The van der Waals surface area contributed by atoms with E-state index >= 15 is 0 Å². The van der Waals surface area contributed by atoms with Crippen molar-refractivity contribution in [2.45, 2.75) is 0 Å². The highest BCUT2D eigenvalue weighted by molar-refractivity contribution is 5.96. The van der Waals surface area contributed by atoms with Gasteiger partial charge in [0.25, 0.3) is 11.8 Å². The quantitative estimate of drug-likeness (QED) is 0.337. The van der Waals surface area contributed by atoms with Crippen LogP contribution < -0.4 is 10.9 Å². The van der Waals surface area contributed by atoms with Crippen LogP contribution in [0.4, 0.5) is 0 Å². The van der Waals surface area contributed by atoms with Crippen LogP contribution in [0, 0.1) is 0 Å². The first-order chi connectivity index (χ1) is 10.7. The van der Waals surface area contributed by atoms with Crippen LogP contribution >= 0.6 is 0 Å². The predicted octanol–water partition coefficient (Wildman–Crippen LogP) is 1.56. The second kappa shape index (κ2) is 7.55. The summed E-state index contributed by atoms with van der Waals surface area (Å²) in [7, 11) is 0. The molecule has 2 rings (SSSR count). The summed E-state index contributed by atoms with van der Waals surface area (Å²) < 4.78 is 4.87. The molecule has 0 atom stereocenters. The highest BCUT2D eigenvalue weighted by Gasteiger charge is 2.04. The molecular formula is C15H13N3O4. The molecule has 2 aromatic rings. The van der Waals surface area contributed by atoms with Gasteiger partial charge in [0.05, 0.1) is 18.7 Å². The number of hydrogen-bond acceptors (Lipinski definition) is 5. The van der Waals surface area contributed by atoms with Crippen molar-refractivity contribution in [3.63, 3.8) is 0 Å². The Hall–Kier alpha value is -3.19. The Bertz CT molecular complexity index is 705. The molecule has 7 nitrogen and oxygen atoms in total. The van der Waals surface area contributed by atoms with Gasteiger partial charge >= 0.3 is 0 Å². The van der Waals surface area contributed by atoms with Crippen LogP contribution in [0.1, 0.15) is 21.5 Å². The van der Waals surface area contributed by atoms with Crippen LogP contribution in [0.25, 0.3) is 6.08 Å². The lowest BCUT2D eigenvalue weighted by Crippen LogP contribution is -2.17. The number of hydrogen-bond donors (Lipinski definition) is 3. The zero-order valence-corrected chi connectivity index (χ0v) is 11.4. The number of rotatable bonds is 5. The summed E-state index contributed by atoms with van der Waals surface area (Å²) >= 11 is 0. The molecule has 0 aliphatic rings. The van der Waals surface area contributed by atoms with E-state index in [9.17, 15) is 9.59 Å². The molecule has 0 saturated heterocycles. The fraction of sp³-hybridized carbons (Fsp3) is 0. The van der Waals surface area contributed by atoms with Gasteiger partial charge in [-0.05, 0) is 29.8 Å². The van der Waals surface area contributed by atoms with Crippen molar-refractivity contribution in [2.24, 2.45) is 5.10 Å². The SMILES string of the molecule is O=C(C=Cc1cccc(C(=O)NN=Cc2ccoc2)c1)NO. The molecule has 0 aliphatic carbocycles. The van der Waals surface area contributed by atoms with Gasteiger partial charge in [0, 0.05) is 17.2 Å². The fourth-order valence-electron chi connectivity index (χ4n) is 1.57. The summed E-state index contributed by atoms with van der Waals surface area (Å²) in [6, 6.07) is 8.29. The number of furan rings is 1. The number of nitrogens with zero attached hydrogens (tertiary/aromatic N) is 1. The molecule has 1 heterocycles. The van der Waals surface area contributed by atoms with Crippen molar-refractivity contribution < 1.29 is 19.2 Å². The van der Waals surface area contributed by atoms with E-state index in [0.717, 1.165) is 11.6 Å². The van der Waals surface area contributed by atoms with Gasteiger partial charge in [-0.1, -0.05) is 12.1 Å². The van der Waals surface area contributed by atoms with E-state index in [0.29, 0.717) is 11.1 Å². The normalized spacial score (nSPS) is 11.0. The minimum Gasteiger partial charge on any atom is -0.472 e. The Kier molecular flexibility index (Phi) is 5.22. The Morgan fingerprint density at radius 1 is 1.23 bits per heavy atom. The molecule has 22 heavy (non-hydrogen) atoms. The summed E-state index contributed by atoms with van der Waals surface area (Å²) in [6.07, 6.45) is 7.07. The van der Waals surface area contributed by atoms with Gasteiger partial charge in [0.2, 0.25) is 0 Å². The average Bonchev–Trinajstić information content (AvgIpc) is 3.06. The molecule has 1 aromatic carbocycles. The van der Waals surface area contributed by atoms with Crippen LogP contribution in [0.2, 0.25) is 0 Å². The van der Waals surface area contributed by atoms with Crippen molar-refractivity contribution in [3.05, 3.63) is 65.6 Å². The Morgan fingerprint density at radius 3 is 2.82 bits per heavy atom. The Labute approximate surface area is 125 Å². The number of hydroxylamine groups is 1. The van der Waals surface area contributed by atoms with Crippen LogP contribution in [-0.2, 0) is 4.79 Å². The summed E-state index contributed by atoms with van der Waals surface area (Å²) in [5.41, 5.74) is 5.62. The van der Waals surface area contributed by atoms with Crippen LogP contribution in [0.3, 0.4) is 0 Å². The van der Waals surface area contributed by atoms with Crippen LogP contribution in [0.15, 0.2) is 58.5 Å². The van der Waals surface area contributed by atoms with Gasteiger partial charge < -0.3 is 4.42 Å². The van der Waals surface area contributed by atoms with Gasteiger partial charge in [-0.25, -0.2) is 10.9 Å². The molecule has 0 radical (unpaired) electrons. The van der Waals surface area contributed by atoms with Gasteiger partial charge in [-0.15, -0.1) is 0 Å². The summed E-state index contributed by atoms with van der Waals surface area (Å²) in [4.78, 5) is 22.8. The first-order valence-corrected chi connectivity index (χ1v) is 6.27. The molecule has 3 N–H and O–H groups in total. The molecule has 7 heteroatoms. The summed E-state index contributed by atoms with van der Waals surface area (Å²) in [6.45, 7) is 0. The van der Waals surface area contributed by atoms with Gasteiger partial charge in [-0.2, -0.15) is 5.10 Å². The number of amides is 2. The lowest BCUT2D eigenvalue weighted by molar-refractivity contribution is -0.124. The summed E-state index contributed by atoms with van der Waals surface area (Å²) in [5, 5.41) is 12.2. The van der Waals surface area contributed by atoms with Crippen molar-refractivity contribution in [2.75, 3.05) is 0 Å². The molecule has 0 spiro atoms. The highest BCUT2D eigenvalue weighted by Crippen LogP contribution is 2.07. The second-order valence-electron chi connectivity index (χ2n) is 4.19. The monoisotopic (exact) mass is 299 g/mol. The largest absolute Gasteiger partial charge is 0.472 e. The summed E-state index contributed by atoms with van der Waals surface area (Å²) in [5.74, 6) is -1.04. The van der Waals surface area contributed by atoms with Crippen LogP contribution in [-0.4, -0.2) is 23.2 Å². The van der Waals surface area contributed by atoms with Crippen molar-refractivity contribution in [1.82, 2.24) is 10.9 Å². The first-order valence-electron chi connectivity index (χ1n) is 6.27. The van der Waals surface area contributed by atoms with Crippen molar-refractivity contribution in [1.29, 1.82) is 0 Å². The Morgan fingerprint density at radius 2 is 2.09 bits per heavy atom. The lowest BCUT2D eigenvalue weighted by atomic mass is 10.1. The predicted molar refractivity (Wildman–Crippen MR) is 79.2 cm³/mol. The van der Waals surface area contributed by atoms with E-state index in [1.807, 2.05) is 0 Å². The standard InChI is InChI=1S/C15H13N3O4/c19-14(18-21)5-4-11-2-1-3-13(8-11)15(20)17-16-9-12-6-7-22-10-12/h1-10,21H,(H,17,20)(H,18,19). The third-order valence-electron chi connectivity index (χ3n) is 2.61. The maximum Gasteiger partial charge on any atom is 0.271 e. The number of hydrazone groups is 1. The number of carbonyl (C=O) groups is 2. The molecule has 0 aliphatic heterocycles. The molecule has 2 amide bonds. The van der Waals surface area contributed by atoms with E-state index in [1.165, 1.54) is 30.3 Å². The molecule has 0 bridgehead atoms. The molecular weight excluding hydrogens is 286 g/mol. The number of nitrogens with one attached hydrogen (secondary N) is 2. The number of carbonyl (C=O) groups excluding carboxylic acids is 2. The van der Waals surface area contributed by atoms with E-state index in [-0.39, 0.29) is 5.91 Å². The Balaban J connectivity index is 2.00. The van der Waals surface area contributed by atoms with Gasteiger partial charge in [0.1, 0.15) is 0 Å². The lowest BCUT2D eigenvalue weighted by Gasteiger charge is -2.01. The maximum atomic E-state index is 11.9. The topological polar surface area (TPSA) is 104 Å². The fourth-order valence-corrected chi connectivity index (χ4v) is 1.57. The number of benzene rings is 1. The third kappa shape index (κ3) is 4.43. The zero-order chi connectivity index (χ0) is 15.8. The zero-order valence-electron chi connectivity index (χ0n) is 11.4. The van der Waals surface area contributed by atoms with Crippen LogP contribution in [0.5, 0.6) is 0 Å². The van der Waals surface area contributed by atoms with Crippen molar-refractivity contribution in [3.8, 4) is 0 Å². The van der Waals surface area contributed by atoms with E-state index in [4.69, 9.17) is 9.62 Å². The van der Waals surface area contributed by atoms with Gasteiger partial charge in [-0.3, -0.25) is 14.8 Å². The maximum absolute atomic E-state index is 11.9.